The van der Waals surface area contributed by atoms with E-state index in [2.05, 4.69) is 40.7 Å². The van der Waals surface area contributed by atoms with Gasteiger partial charge in [0.15, 0.2) is 0 Å². The van der Waals surface area contributed by atoms with Crippen molar-refractivity contribution in [3.8, 4) is 5.69 Å². The van der Waals surface area contributed by atoms with Crippen molar-refractivity contribution < 1.29 is 4.79 Å². The lowest BCUT2D eigenvalue weighted by Crippen LogP contribution is -2.15. The van der Waals surface area contributed by atoms with Gasteiger partial charge in [0.25, 0.3) is 0 Å². The maximum absolute atomic E-state index is 12.5. The van der Waals surface area contributed by atoms with Gasteiger partial charge in [0, 0.05) is 23.8 Å². The Bertz CT molecular complexity index is 1080. The molecule has 3 aromatic carbocycles. The Hall–Kier alpha value is -3.31. The fourth-order valence-electron chi connectivity index (χ4n) is 3.23. The van der Waals surface area contributed by atoms with Crippen molar-refractivity contribution in [1.29, 1.82) is 0 Å². The monoisotopic (exact) mass is 413 g/mol. The highest BCUT2D eigenvalue weighted by molar-refractivity contribution is 7.99. The van der Waals surface area contributed by atoms with Crippen molar-refractivity contribution in [3.05, 3.63) is 114 Å². The van der Waals surface area contributed by atoms with Gasteiger partial charge in [-0.15, -0.1) is 11.8 Å². The van der Waals surface area contributed by atoms with Gasteiger partial charge in [-0.2, -0.15) is 5.10 Å². The van der Waals surface area contributed by atoms with Crippen LogP contribution in [0.15, 0.2) is 97.3 Å². The van der Waals surface area contributed by atoms with Gasteiger partial charge in [0.1, 0.15) is 0 Å². The van der Waals surface area contributed by atoms with Crippen molar-refractivity contribution in [3.63, 3.8) is 0 Å². The van der Waals surface area contributed by atoms with Crippen LogP contribution in [0.4, 0.5) is 5.69 Å². The van der Waals surface area contributed by atoms with E-state index in [4.69, 9.17) is 0 Å². The molecule has 0 radical (unpaired) electrons. The highest BCUT2D eigenvalue weighted by Gasteiger charge is 2.08. The van der Waals surface area contributed by atoms with Crippen molar-refractivity contribution in [2.24, 2.45) is 0 Å². The number of rotatable bonds is 8. The first-order valence-corrected chi connectivity index (χ1v) is 11.0. The number of thioether (sulfide) groups is 1. The van der Waals surface area contributed by atoms with E-state index in [1.807, 2.05) is 65.5 Å². The standard InChI is InChI=1S/C25H23N3OS/c29-25(19-30-18-21-11-13-23(14-12-21)28-16-6-15-26-28)27-24-10-5-4-9-22(24)17-20-7-2-1-3-8-20/h1-16H,17-19H2,(H,27,29). The predicted molar refractivity (Wildman–Crippen MR) is 124 cm³/mol. The number of nitrogens with one attached hydrogen (secondary N) is 1. The van der Waals surface area contributed by atoms with Gasteiger partial charge in [-0.05, 0) is 47.4 Å². The minimum absolute atomic E-state index is 0.0219. The summed E-state index contributed by atoms with van der Waals surface area (Å²) in [4.78, 5) is 12.5. The molecule has 0 atom stereocenters. The van der Waals surface area contributed by atoms with Crippen molar-refractivity contribution in [1.82, 2.24) is 9.78 Å². The zero-order valence-electron chi connectivity index (χ0n) is 16.6. The van der Waals surface area contributed by atoms with Crippen LogP contribution in [0.5, 0.6) is 0 Å². The third-order valence-corrected chi connectivity index (χ3v) is 5.74. The lowest BCUT2D eigenvalue weighted by atomic mass is 10.0. The van der Waals surface area contributed by atoms with Crippen LogP contribution in [0.1, 0.15) is 16.7 Å². The Morgan fingerprint density at radius 3 is 2.40 bits per heavy atom. The van der Waals surface area contributed by atoms with Crippen molar-refractivity contribution in [2.75, 3.05) is 11.1 Å². The summed E-state index contributed by atoms with van der Waals surface area (Å²) >= 11 is 1.61. The van der Waals surface area contributed by atoms with Crippen LogP contribution >= 0.6 is 11.8 Å². The number of amides is 1. The minimum atomic E-state index is 0.0219. The van der Waals surface area contributed by atoms with E-state index in [-0.39, 0.29) is 5.91 Å². The van der Waals surface area contributed by atoms with E-state index in [0.29, 0.717) is 5.75 Å². The van der Waals surface area contributed by atoms with Crippen molar-refractivity contribution in [2.45, 2.75) is 12.2 Å². The normalized spacial score (nSPS) is 10.7. The molecular weight excluding hydrogens is 390 g/mol. The summed E-state index contributed by atoms with van der Waals surface area (Å²) in [5, 5.41) is 7.31. The van der Waals surface area contributed by atoms with Crippen LogP contribution in [0.3, 0.4) is 0 Å². The summed E-state index contributed by atoms with van der Waals surface area (Å²) in [6.07, 6.45) is 4.48. The van der Waals surface area contributed by atoms with Gasteiger partial charge in [-0.25, -0.2) is 4.68 Å². The second kappa shape index (κ2) is 9.94. The number of carbonyl (C=O) groups is 1. The lowest BCUT2D eigenvalue weighted by Gasteiger charge is -2.11. The Labute approximate surface area is 181 Å². The first-order valence-electron chi connectivity index (χ1n) is 9.86. The lowest BCUT2D eigenvalue weighted by molar-refractivity contribution is -0.113. The average molecular weight is 414 g/mol. The van der Waals surface area contributed by atoms with Gasteiger partial charge >= 0.3 is 0 Å². The number of nitrogens with zero attached hydrogens (tertiary/aromatic N) is 2. The summed E-state index contributed by atoms with van der Waals surface area (Å²) in [6, 6.07) is 28.4. The summed E-state index contributed by atoms with van der Waals surface area (Å²) in [5.41, 5.74) is 5.45. The highest BCUT2D eigenvalue weighted by atomic mass is 32.2. The second-order valence-corrected chi connectivity index (χ2v) is 7.96. The number of hydrogen-bond acceptors (Lipinski definition) is 3. The van der Waals surface area contributed by atoms with Gasteiger partial charge in [0.05, 0.1) is 11.4 Å². The van der Waals surface area contributed by atoms with Gasteiger partial charge < -0.3 is 5.32 Å². The van der Waals surface area contributed by atoms with Gasteiger partial charge in [0.2, 0.25) is 5.91 Å². The Morgan fingerprint density at radius 2 is 1.63 bits per heavy atom. The zero-order valence-corrected chi connectivity index (χ0v) is 17.4. The number of aromatic nitrogens is 2. The molecule has 150 valence electrons. The molecule has 5 heteroatoms. The van der Waals surface area contributed by atoms with E-state index < -0.39 is 0 Å². The molecule has 1 amide bonds. The summed E-state index contributed by atoms with van der Waals surface area (Å²) in [7, 11) is 0. The van der Waals surface area contributed by atoms with Crippen LogP contribution in [-0.4, -0.2) is 21.4 Å². The highest BCUT2D eigenvalue weighted by Crippen LogP contribution is 2.20. The summed E-state index contributed by atoms with van der Waals surface area (Å²) in [6.45, 7) is 0. The molecule has 1 N–H and O–H groups in total. The molecule has 0 saturated carbocycles. The molecule has 30 heavy (non-hydrogen) atoms. The fourth-order valence-corrected chi connectivity index (χ4v) is 4.01. The molecule has 0 bridgehead atoms. The fraction of sp³-hybridized carbons (Fsp3) is 0.120. The molecule has 0 aliphatic rings. The van der Waals surface area contributed by atoms with E-state index in [1.54, 1.807) is 18.0 Å². The number of anilines is 1. The van der Waals surface area contributed by atoms with E-state index in [0.717, 1.165) is 29.1 Å². The third kappa shape index (κ3) is 5.39. The summed E-state index contributed by atoms with van der Waals surface area (Å²) in [5.74, 6) is 1.23. The SMILES string of the molecule is O=C(CSCc1ccc(-n2cccn2)cc1)Nc1ccccc1Cc1ccccc1. The Balaban J connectivity index is 1.29. The molecule has 0 spiro atoms. The second-order valence-electron chi connectivity index (χ2n) is 6.98. The van der Waals surface area contributed by atoms with Crippen molar-refractivity contribution >= 4 is 23.4 Å². The first kappa shape index (κ1) is 20.0. The number of para-hydroxylation sites is 1. The molecule has 1 aromatic heterocycles. The molecule has 0 unspecified atom stereocenters. The number of benzene rings is 3. The maximum atomic E-state index is 12.5. The van der Waals surface area contributed by atoms with Crippen LogP contribution in [0.2, 0.25) is 0 Å². The van der Waals surface area contributed by atoms with Crippen LogP contribution in [0.25, 0.3) is 5.69 Å². The minimum Gasteiger partial charge on any atom is -0.325 e. The molecule has 4 aromatic rings. The number of hydrogen-bond donors (Lipinski definition) is 1. The molecule has 0 aliphatic carbocycles. The average Bonchev–Trinajstić information content (AvgIpc) is 3.31. The first-order chi connectivity index (χ1) is 14.8. The molecule has 0 saturated heterocycles. The smallest absolute Gasteiger partial charge is 0.234 e. The number of carbonyl (C=O) groups excluding carboxylic acids is 1. The largest absolute Gasteiger partial charge is 0.325 e. The Morgan fingerprint density at radius 1 is 0.867 bits per heavy atom. The third-order valence-electron chi connectivity index (χ3n) is 4.74. The molecule has 4 nitrogen and oxygen atoms in total. The van der Waals surface area contributed by atoms with E-state index in [1.165, 1.54) is 11.1 Å². The zero-order chi connectivity index (χ0) is 20.6. The molecule has 0 aliphatic heterocycles. The van der Waals surface area contributed by atoms with Crippen LogP contribution in [0, 0.1) is 0 Å². The molecular formula is C25H23N3OS. The predicted octanol–water partition coefficient (Wildman–Crippen LogP) is 5.34. The molecule has 0 fully saturated rings. The maximum Gasteiger partial charge on any atom is 0.234 e. The van der Waals surface area contributed by atoms with E-state index in [9.17, 15) is 4.79 Å². The molecule has 1 heterocycles. The van der Waals surface area contributed by atoms with Crippen LogP contribution < -0.4 is 5.32 Å². The topological polar surface area (TPSA) is 46.9 Å². The quantitative estimate of drug-likeness (QED) is 0.424. The Kier molecular flexibility index (Phi) is 6.62. The van der Waals surface area contributed by atoms with Gasteiger partial charge in [-0.3, -0.25) is 4.79 Å². The van der Waals surface area contributed by atoms with Crippen LogP contribution in [-0.2, 0) is 17.0 Å². The molecule has 4 rings (SSSR count). The van der Waals surface area contributed by atoms with E-state index >= 15 is 0 Å². The van der Waals surface area contributed by atoms with Gasteiger partial charge in [-0.1, -0.05) is 60.7 Å². The summed E-state index contributed by atoms with van der Waals surface area (Å²) < 4.78 is 1.83.